The molecule has 1 aliphatic rings. The third-order valence-corrected chi connectivity index (χ3v) is 4.15. The highest BCUT2D eigenvalue weighted by atomic mass is 35.7. The van der Waals surface area contributed by atoms with E-state index in [1.807, 2.05) is 19.9 Å². The van der Waals surface area contributed by atoms with Crippen LogP contribution in [0.15, 0.2) is 17.0 Å². The first kappa shape index (κ1) is 13.6. The zero-order chi connectivity index (χ0) is 13.3. The number of rotatable bonds is 3. The second-order valence-corrected chi connectivity index (χ2v) is 6.98. The summed E-state index contributed by atoms with van der Waals surface area (Å²) in [7, 11) is 1.64. The number of benzene rings is 1. The number of hydrogen-bond donors (Lipinski definition) is 0. The maximum Gasteiger partial charge on any atom is 0.265 e. The van der Waals surface area contributed by atoms with Crippen LogP contribution in [-0.4, -0.2) is 27.7 Å². The molecule has 1 aromatic rings. The maximum atomic E-state index is 11.6. The summed E-state index contributed by atoms with van der Waals surface area (Å²) in [5.41, 5.74) is 1.60. The number of ether oxygens (including phenoxy) is 2. The molecule has 1 unspecified atom stereocenters. The van der Waals surface area contributed by atoms with Crippen LogP contribution in [0.5, 0.6) is 5.75 Å². The molecule has 1 atom stereocenters. The summed E-state index contributed by atoms with van der Waals surface area (Å²) < 4.78 is 34.1. The van der Waals surface area contributed by atoms with E-state index >= 15 is 0 Å². The summed E-state index contributed by atoms with van der Waals surface area (Å²) in [5, 5.41) is 0. The molecule has 1 fully saturated rings. The van der Waals surface area contributed by atoms with Gasteiger partial charge in [-0.2, -0.15) is 0 Å². The third kappa shape index (κ3) is 2.96. The van der Waals surface area contributed by atoms with E-state index in [1.54, 1.807) is 0 Å². The fourth-order valence-corrected chi connectivity index (χ4v) is 3.12. The molecule has 0 N–H and O–H groups in total. The second-order valence-electron chi connectivity index (χ2n) is 4.45. The van der Waals surface area contributed by atoms with Crippen LogP contribution in [0.3, 0.4) is 0 Å². The molecule has 1 saturated heterocycles. The van der Waals surface area contributed by atoms with Crippen molar-refractivity contribution in [3.05, 3.63) is 23.3 Å². The van der Waals surface area contributed by atoms with Crippen LogP contribution in [0.4, 0.5) is 0 Å². The molecule has 0 aliphatic carbocycles. The van der Waals surface area contributed by atoms with Crippen molar-refractivity contribution in [2.45, 2.75) is 31.3 Å². The molecule has 0 aromatic heterocycles. The van der Waals surface area contributed by atoms with Gasteiger partial charge in [0.05, 0.1) is 13.2 Å². The zero-order valence-electron chi connectivity index (χ0n) is 10.3. The van der Waals surface area contributed by atoms with E-state index in [2.05, 4.69) is 0 Å². The molecule has 6 heteroatoms. The van der Waals surface area contributed by atoms with Gasteiger partial charge in [-0.05, 0) is 31.0 Å². The number of halogens is 1. The molecule has 1 aromatic carbocycles. The monoisotopic (exact) mass is 290 g/mol. The summed E-state index contributed by atoms with van der Waals surface area (Å²) >= 11 is 0. The summed E-state index contributed by atoms with van der Waals surface area (Å²) in [5.74, 6) is 0.339. The van der Waals surface area contributed by atoms with E-state index in [-0.39, 0.29) is 11.0 Å². The van der Waals surface area contributed by atoms with Crippen molar-refractivity contribution in [1.82, 2.24) is 0 Å². The minimum absolute atomic E-state index is 0.0357. The minimum atomic E-state index is -3.81. The normalized spacial score (nSPS) is 20.1. The van der Waals surface area contributed by atoms with Crippen LogP contribution >= 0.6 is 10.7 Å². The Morgan fingerprint density at radius 2 is 2.11 bits per heavy atom. The summed E-state index contributed by atoms with van der Waals surface area (Å²) in [4.78, 5) is 0.0357. The standard InChI is InChI=1S/C12H15ClO4S/c1-8-5-9(2)12(11(6-8)18(13,14)15)17-10-3-4-16-7-10/h5-6,10H,3-4,7H2,1-2H3. The lowest BCUT2D eigenvalue weighted by molar-refractivity contribution is 0.138. The number of hydrogen-bond acceptors (Lipinski definition) is 4. The van der Waals surface area contributed by atoms with Gasteiger partial charge in [0.25, 0.3) is 9.05 Å². The SMILES string of the molecule is Cc1cc(C)c(OC2CCOC2)c(S(=O)(=O)Cl)c1. The summed E-state index contributed by atoms with van der Waals surface area (Å²) in [6.07, 6.45) is 0.651. The van der Waals surface area contributed by atoms with Crippen molar-refractivity contribution in [3.63, 3.8) is 0 Å². The van der Waals surface area contributed by atoms with Gasteiger partial charge in [-0.15, -0.1) is 0 Å². The molecular formula is C12H15ClO4S. The molecule has 1 heterocycles. The van der Waals surface area contributed by atoms with Gasteiger partial charge in [-0.3, -0.25) is 0 Å². The molecule has 2 rings (SSSR count). The fraction of sp³-hybridized carbons (Fsp3) is 0.500. The highest BCUT2D eigenvalue weighted by Crippen LogP contribution is 2.33. The predicted molar refractivity (Wildman–Crippen MR) is 68.8 cm³/mol. The largest absolute Gasteiger partial charge is 0.486 e. The maximum absolute atomic E-state index is 11.6. The van der Waals surface area contributed by atoms with Crippen molar-refractivity contribution in [2.24, 2.45) is 0 Å². The topological polar surface area (TPSA) is 52.6 Å². The second kappa shape index (κ2) is 5.07. The molecule has 0 spiro atoms. The smallest absolute Gasteiger partial charge is 0.265 e. The van der Waals surface area contributed by atoms with Gasteiger partial charge in [0.2, 0.25) is 0 Å². The Labute approximate surface area is 111 Å². The Morgan fingerprint density at radius 1 is 1.39 bits per heavy atom. The Balaban J connectivity index is 2.43. The molecule has 4 nitrogen and oxygen atoms in total. The molecule has 1 aliphatic heterocycles. The van der Waals surface area contributed by atoms with E-state index in [0.717, 1.165) is 17.5 Å². The molecule has 0 amide bonds. The van der Waals surface area contributed by atoms with E-state index in [1.165, 1.54) is 6.07 Å². The Hall–Kier alpha value is -0.780. The van der Waals surface area contributed by atoms with Gasteiger partial charge in [0, 0.05) is 17.1 Å². The van der Waals surface area contributed by atoms with E-state index < -0.39 is 9.05 Å². The van der Waals surface area contributed by atoms with Crippen LogP contribution in [0.1, 0.15) is 17.5 Å². The van der Waals surface area contributed by atoms with Gasteiger partial charge in [-0.25, -0.2) is 8.42 Å². The Morgan fingerprint density at radius 3 is 2.67 bits per heavy atom. The average Bonchev–Trinajstić information content (AvgIpc) is 2.72. The third-order valence-electron chi connectivity index (χ3n) is 2.82. The fourth-order valence-electron chi connectivity index (χ4n) is 2.02. The lowest BCUT2D eigenvalue weighted by atomic mass is 10.1. The van der Waals surface area contributed by atoms with Gasteiger partial charge in [0.15, 0.2) is 0 Å². The first-order valence-electron chi connectivity index (χ1n) is 5.68. The van der Waals surface area contributed by atoms with Crippen LogP contribution in [0, 0.1) is 13.8 Å². The van der Waals surface area contributed by atoms with Crippen molar-refractivity contribution >= 4 is 19.7 Å². The van der Waals surface area contributed by atoms with E-state index in [9.17, 15) is 8.42 Å². The first-order chi connectivity index (χ1) is 8.38. The van der Waals surface area contributed by atoms with Crippen molar-refractivity contribution < 1.29 is 17.9 Å². The van der Waals surface area contributed by atoms with Crippen LogP contribution in [0.25, 0.3) is 0 Å². The minimum Gasteiger partial charge on any atom is -0.486 e. The lowest BCUT2D eigenvalue weighted by Gasteiger charge is -2.17. The van der Waals surface area contributed by atoms with Crippen LogP contribution in [-0.2, 0) is 13.8 Å². The van der Waals surface area contributed by atoms with Gasteiger partial charge in [0.1, 0.15) is 16.7 Å². The van der Waals surface area contributed by atoms with E-state index in [0.29, 0.717) is 19.0 Å². The zero-order valence-corrected chi connectivity index (χ0v) is 11.8. The van der Waals surface area contributed by atoms with Crippen LogP contribution in [0.2, 0.25) is 0 Å². The van der Waals surface area contributed by atoms with Crippen molar-refractivity contribution in [1.29, 1.82) is 0 Å². The molecule has 18 heavy (non-hydrogen) atoms. The van der Waals surface area contributed by atoms with Gasteiger partial charge < -0.3 is 9.47 Å². The molecule has 0 bridgehead atoms. The Kier molecular flexibility index (Phi) is 3.84. The number of aryl methyl sites for hydroxylation is 2. The highest BCUT2D eigenvalue weighted by molar-refractivity contribution is 8.13. The summed E-state index contributed by atoms with van der Waals surface area (Å²) in [6.45, 7) is 4.75. The molecule has 0 saturated carbocycles. The van der Waals surface area contributed by atoms with E-state index in [4.69, 9.17) is 20.2 Å². The Bertz CT molecular complexity index is 547. The summed E-state index contributed by atoms with van der Waals surface area (Å²) in [6, 6.07) is 3.40. The van der Waals surface area contributed by atoms with Crippen molar-refractivity contribution in [3.8, 4) is 5.75 Å². The molecule has 100 valence electrons. The highest BCUT2D eigenvalue weighted by Gasteiger charge is 2.24. The first-order valence-corrected chi connectivity index (χ1v) is 7.99. The van der Waals surface area contributed by atoms with Gasteiger partial charge in [-0.1, -0.05) is 6.07 Å². The van der Waals surface area contributed by atoms with Crippen molar-refractivity contribution in [2.75, 3.05) is 13.2 Å². The average molecular weight is 291 g/mol. The van der Waals surface area contributed by atoms with Crippen LogP contribution < -0.4 is 4.74 Å². The van der Waals surface area contributed by atoms with Gasteiger partial charge >= 0.3 is 0 Å². The quantitative estimate of drug-likeness (QED) is 0.802. The molecule has 0 radical (unpaired) electrons. The lowest BCUT2D eigenvalue weighted by Crippen LogP contribution is -2.17. The predicted octanol–water partition coefficient (Wildman–Crippen LogP) is 2.40. The molecular weight excluding hydrogens is 276 g/mol.